The van der Waals surface area contributed by atoms with Crippen molar-refractivity contribution < 1.29 is 19.7 Å². The van der Waals surface area contributed by atoms with Crippen molar-refractivity contribution in [3.8, 4) is 11.5 Å². The summed E-state index contributed by atoms with van der Waals surface area (Å²) in [6.07, 6.45) is -0.930. The molecule has 4 N–H and O–H groups in total. The zero-order valence-electron chi connectivity index (χ0n) is 9.93. The molecule has 0 fully saturated rings. The number of hydrogen-bond acceptors (Lipinski definition) is 6. The normalized spacial score (nSPS) is 12.0. The van der Waals surface area contributed by atoms with Gasteiger partial charge in [-0.2, -0.15) is 0 Å². The van der Waals surface area contributed by atoms with Crippen LogP contribution >= 0.6 is 0 Å². The summed E-state index contributed by atoms with van der Waals surface area (Å²) in [5.41, 5.74) is 0.681. The van der Waals surface area contributed by atoms with Gasteiger partial charge >= 0.3 is 0 Å². The number of anilines is 1. The van der Waals surface area contributed by atoms with Gasteiger partial charge in [-0.15, -0.1) is 0 Å². The van der Waals surface area contributed by atoms with Crippen molar-refractivity contribution in [3.05, 3.63) is 18.2 Å². The largest absolute Gasteiger partial charge is 0.493 e. The van der Waals surface area contributed by atoms with Crippen LogP contribution in [0.15, 0.2) is 18.2 Å². The molecule has 0 aliphatic carbocycles. The maximum absolute atomic E-state index is 9.52. The zero-order valence-corrected chi connectivity index (χ0v) is 9.93. The van der Waals surface area contributed by atoms with Gasteiger partial charge in [0.1, 0.15) is 0 Å². The molecule has 0 aliphatic rings. The van der Waals surface area contributed by atoms with Crippen LogP contribution in [-0.2, 0) is 0 Å². The lowest BCUT2D eigenvalue weighted by atomic mass is 10.3. The summed E-state index contributed by atoms with van der Waals surface area (Å²) >= 11 is 0. The van der Waals surface area contributed by atoms with E-state index in [-0.39, 0.29) is 6.61 Å². The van der Waals surface area contributed by atoms with Crippen LogP contribution in [-0.4, -0.2) is 43.9 Å². The predicted molar refractivity (Wildman–Crippen MR) is 64.3 cm³/mol. The van der Waals surface area contributed by atoms with E-state index in [2.05, 4.69) is 10.6 Å². The van der Waals surface area contributed by atoms with Gasteiger partial charge in [-0.3, -0.25) is 5.32 Å². The lowest BCUT2D eigenvalue weighted by Crippen LogP contribution is -2.37. The van der Waals surface area contributed by atoms with Crippen LogP contribution in [0.25, 0.3) is 0 Å². The third-order valence-electron chi connectivity index (χ3n) is 2.14. The van der Waals surface area contributed by atoms with Crippen molar-refractivity contribution in [3.63, 3.8) is 0 Å². The van der Waals surface area contributed by atoms with Crippen LogP contribution in [0.2, 0.25) is 0 Å². The van der Waals surface area contributed by atoms with E-state index in [1.807, 2.05) is 0 Å². The molecule has 0 bridgehead atoms. The van der Waals surface area contributed by atoms with Crippen molar-refractivity contribution in [2.75, 3.05) is 32.7 Å². The van der Waals surface area contributed by atoms with Gasteiger partial charge in [0.15, 0.2) is 17.9 Å². The first-order valence-electron chi connectivity index (χ1n) is 5.22. The molecule has 0 spiro atoms. The van der Waals surface area contributed by atoms with Crippen molar-refractivity contribution in [1.82, 2.24) is 5.32 Å². The molecule has 1 unspecified atom stereocenters. The average molecular weight is 242 g/mol. The minimum atomic E-state index is -0.930. The second kappa shape index (κ2) is 6.95. The maximum Gasteiger partial charge on any atom is 0.181 e. The van der Waals surface area contributed by atoms with E-state index in [1.54, 1.807) is 32.4 Å². The zero-order chi connectivity index (χ0) is 12.7. The Hall–Kier alpha value is -1.50. The Bertz CT molecular complexity index is 346. The van der Waals surface area contributed by atoms with Crippen LogP contribution in [0.3, 0.4) is 0 Å². The van der Waals surface area contributed by atoms with Gasteiger partial charge < -0.3 is 25.0 Å². The Balaban J connectivity index is 2.65. The van der Waals surface area contributed by atoms with E-state index in [0.29, 0.717) is 23.7 Å². The molecule has 96 valence electrons. The number of ether oxygens (including phenoxy) is 2. The summed E-state index contributed by atoms with van der Waals surface area (Å²) in [6.45, 7) is 0.270. The Morgan fingerprint density at radius 2 is 1.94 bits per heavy atom. The number of aliphatic hydroxyl groups excluding tert-OH is 2. The fourth-order valence-electron chi connectivity index (χ4n) is 1.34. The highest BCUT2D eigenvalue weighted by molar-refractivity contribution is 5.54. The summed E-state index contributed by atoms with van der Waals surface area (Å²) in [6, 6.07) is 5.20. The molecule has 6 heteroatoms. The van der Waals surface area contributed by atoms with Gasteiger partial charge in [0.2, 0.25) is 0 Å². The lowest BCUT2D eigenvalue weighted by molar-refractivity contribution is 0.153. The van der Waals surface area contributed by atoms with E-state index >= 15 is 0 Å². The number of methoxy groups -OCH3 is 2. The highest BCUT2D eigenvalue weighted by Crippen LogP contribution is 2.29. The van der Waals surface area contributed by atoms with Gasteiger partial charge in [-0.1, -0.05) is 0 Å². The maximum atomic E-state index is 9.52. The van der Waals surface area contributed by atoms with Crippen LogP contribution in [0.4, 0.5) is 5.69 Å². The van der Waals surface area contributed by atoms with Gasteiger partial charge in [-0.25, -0.2) is 0 Å². The van der Waals surface area contributed by atoms with Crippen molar-refractivity contribution in [1.29, 1.82) is 0 Å². The first-order valence-corrected chi connectivity index (χ1v) is 5.22. The summed E-state index contributed by atoms with van der Waals surface area (Å²) in [5, 5.41) is 23.6. The van der Waals surface area contributed by atoms with Gasteiger partial charge in [-0.05, 0) is 12.1 Å². The Kier molecular flexibility index (Phi) is 5.55. The summed E-state index contributed by atoms with van der Waals surface area (Å²) in [4.78, 5) is 0. The number of benzene rings is 1. The fraction of sp³-hybridized carbons (Fsp3) is 0.455. The first-order chi connectivity index (χ1) is 8.21. The molecule has 6 nitrogen and oxygen atoms in total. The summed E-state index contributed by atoms with van der Waals surface area (Å²) < 4.78 is 10.2. The molecule has 1 aromatic rings. The van der Waals surface area contributed by atoms with Crippen molar-refractivity contribution >= 4 is 5.69 Å². The average Bonchev–Trinajstić information content (AvgIpc) is 2.36. The topological polar surface area (TPSA) is 83.0 Å². The summed E-state index contributed by atoms with van der Waals surface area (Å²) in [5.74, 6) is 1.20. The molecule has 0 heterocycles. The molecule has 0 amide bonds. The van der Waals surface area contributed by atoms with Gasteiger partial charge in [0, 0.05) is 18.3 Å². The first kappa shape index (κ1) is 13.6. The second-order valence-corrected chi connectivity index (χ2v) is 3.29. The molecule has 17 heavy (non-hydrogen) atoms. The van der Waals surface area contributed by atoms with Crippen molar-refractivity contribution in [2.24, 2.45) is 0 Å². The second-order valence-electron chi connectivity index (χ2n) is 3.29. The molecule has 0 saturated heterocycles. The molecular formula is C11H18N2O4. The molecule has 1 aromatic carbocycles. The Labute approximate surface area is 100 Å². The van der Waals surface area contributed by atoms with Crippen molar-refractivity contribution in [2.45, 2.75) is 6.35 Å². The number of aliphatic hydroxyl groups is 2. The Morgan fingerprint density at radius 3 is 2.53 bits per heavy atom. The summed E-state index contributed by atoms with van der Waals surface area (Å²) in [7, 11) is 3.10. The molecule has 1 rings (SSSR count). The highest BCUT2D eigenvalue weighted by Gasteiger charge is 2.07. The third-order valence-corrected chi connectivity index (χ3v) is 2.14. The Morgan fingerprint density at radius 1 is 1.24 bits per heavy atom. The predicted octanol–water partition coefficient (Wildman–Crippen LogP) is -0.0265. The van der Waals surface area contributed by atoms with Gasteiger partial charge in [0.25, 0.3) is 0 Å². The minimum absolute atomic E-state index is 0.0370. The fourth-order valence-corrected chi connectivity index (χ4v) is 1.34. The van der Waals surface area contributed by atoms with E-state index in [1.165, 1.54) is 0 Å². The number of rotatable bonds is 7. The molecular weight excluding hydrogens is 224 g/mol. The molecule has 0 saturated carbocycles. The van der Waals surface area contributed by atoms with E-state index in [0.717, 1.165) is 0 Å². The minimum Gasteiger partial charge on any atom is -0.493 e. The molecule has 0 aromatic heterocycles. The third kappa shape index (κ3) is 4.10. The standard InChI is InChI=1S/C11H18N2O4/c1-16-9-4-3-8(7-10(9)17-2)13-11(15)12-5-6-14/h3-4,7,11-15H,5-6H2,1-2H3. The van der Waals surface area contributed by atoms with E-state index in [4.69, 9.17) is 14.6 Å². The SMILES string of the molecule is COc1ccc(NC(O)NCCO)cc1OC. The van der Waals surface area contributed by atoms with E-state index < -0.39 is 6.35 Å². The van der Waals surface area contributed by atoms with Gasteiger partial charge in [0.05, 0.1) is 20.8 Å². The monoisotopic (exact) mass is 242 g/mol. The highest BCUT2D eigenvalue weighted by atomic mass is 16.5. The lowest BCUT2D eigenvalue weighted by Gasteiger charge is -2.16. The van der Waals surface area contributed by atoms with Crippen LogP contribution in [0.5, 0.6) is 11.5 Å². The number of hydrogen-bond donors (Lipinski definition) is 4. The molecule has 0 aliphatic heterocycles. The molecule has 0 radical (unpaired) electrons. The van der Waals surface area contributed by atoms with Crippen LogP contribution in [0, 0.1) is 0 Å². The smallest absolute Gasteiger partial charge is 0.181 e. The van der Waals surface area contributed by atoms with E-state index in [9.17, 15) is 5.11 Å². The molecule has 1 atom stereocenters. The van der Waals surface area contributed by atoms with Crippen LogP contribution in [0.1, 0.15) is 0 Å². The van der Waals surface area contributed by atoms with Crippen LogP contribution < -0.4 is 20.1 Å². The number of nitrogens with one attached hydrogen (secondary N) is 2. The quantitative estimate of drug-likeness (QED) is 0.503.